The van der Waals surface area contributed by atoms with Gasteiger partial charge < -0.3 is 144 Å². The summed E-state index contributed by atoms with van der Waals surface area (Å²) < 4.78 is 70.1. The predicted molar refractivity (Wildman–Crippen MR) is 217 cm³/mol. The minimum absolute atomic E-state index is 0.0328. The average Bonchev–Trinajstić information content (AvgIpc) is 3.33. The predicted octanol–water partition coefficient (Wildman–Crippen LogP) is -10.9. The van der Waals surface area contributed by atoms with Crippen LogP contribution in [0.4, 0.5) is 0 Å². The van der Waals surface area contributed by atoms with Crippen LogP contribution in [-0.4, -0.2) is 305 Å². The molecule has 6 aliphatic rings. The number of carbonyl (C=O) groups is 1. The Balaban J connectivity index is 1.38. The Kier molecular flexibility index (Phi) is 20.4. The first kappa shape index (κ1) is 57.6. The summed E-state index contributed by atoms with van der Waals surface area (Å²) in [6.07, 6.45) is -52.6. The molecule has 408 valence electrons. The Morgan fingerprint density at radius 1 is 0.400 bits per heavy atom. The molecule has 6 aliphatic heterocycles. The maximum absolute atomic E-state index is 13.1. The molecule has 0 aromatic rings. The lowest BCUT2D eigenvalue weighted by Crippen LogP contribution is -2.71. The van der Waals surface area contributed by atoms with Gasteiger partial charge in [0, 0.05) is 13.5 Å². The molecule has 70 heavy (non-hydrogen) atoms. The first-order valence-corrected chi connectivity index (χ1v) is 22.8. The van der Waals surface area contributed by atoms with E-state index in [1.165, 1.54) is 13.8 Å². The van der Waals surface area contributed by atoms with Crippen molar-refractivity contribution >= 4 is 5.91 Å². The van der Waals surface area contributed by atoms with Crippen LogP contribution in [0.1, 0.15) is 27.7 Å². The van der Waals surface area contributed by atoms with E-state index in [1.807, 2.05) is 0 Å². The SMILES string of the molecule is CCOC1OC(CO)C(OC2OC(CO)C(O)C(OC3OC(CO)C(OC4OC(C)C(O)C(O)C4O)C(OC4OC(CO)C(O)C(O)C4OC4OC(C)C(O)C(O)C4O)C3NC(C)=O)C2O)C(O)C1O. The molecule has 30 unspecified atom stereocenters. The molecule has 30 nitrogen and oxygen atoms in total. The van der Waals surface area contributed by atoms with Crippen LogP contribution in [0.15, 0.2) is 0 Å². The molecule has 6 rings (SSSR count). The highest BCUT2D eigenvalue weighted by Gasteiger charge is 2.59. The van der Waals surface area contributed by atoms with Crippen molar-refractivity contribution in [3.05, 3.63) is 0 Å². The third-order valence-electron chi connectivity index (χ3n) is 13.1. The maximum atomic E-state index is 13.1. The highest BCUT2D eigenvalue weighted by Crippen LogP contribution is 2.38. The molecule has 0 aromatic heterocycles. The second-order valence-corrected chi connectivity index (χ2v) is 17.9. The number of amides is 1. The van der Waals surface area contributed by atoms with Gasteiger partial charge in [-0.2, -0.15) is 0 Å². The lowest BCUT2D eigenvalue weighted by molar-refractivity contribution is -0.400. The Bertz CT molecular complexity index is 1630. The van der Waals surface area contributed by atoms with E-state index in [2.05, 4.69) is 5.32 Å². The third-order valence-corrected chi connectivity index (χ3v) is 13.1. The van der Waals surface area contributed by atoms with Gasteiger partial charge >= 0.3 is 0 Å². The molecule has 0 spiro atoms. The quantitative estimate of drug-likeness (QED) is 0.0643. The van der Waals surface area contributed by atoms with E-state index < -0.39 is 217 Å². The zero-order valence-corrected chi connectivity index (χ0v) is 38.3. The summed E-state index contributed by atoms with van der Waals surface area (Å²) in [5.74, 6) is -0.882. The van der Waals surface area contributed by atoms with Crippen molar-refractivity contribution in [2.45, 2.75) is 212 Å². The fourth-order valence-electron chi connectivity index (χ4n) is 9.07. The lowest BCUT2D eigenvalue weighted by atomic mass is 9.93. The molecule has 0 aromatic carbocycles. The summed E-state index contributed by atoms with van der Waals surface area (Å²) in [6.45, 7) is 1.41. The molecule has 0 saturated carbocycles. The van der Waals surface area contributed by atoms with Crippen LogP contribution in [0.25, 0.3) is 0 Å². The van der Waals surface area contributed by atoms with Crippen molar-refractivity contribution in [3.8, 4) is 0 Å². The minimum atomic E-state index is -2.16. The average molecular weight is 1030 g/mol. The Morgan fingerprint density at radius 3 is 1.33 bits per heavy atom. The molecular weight excluding hydrogens is 958 g/mol. The molecule has 1 amide bonds. The Labute approximate surface area is 399 Å². The number of hydrogen-bond donors (Lipinski definition) is 17. The van der Waals surface area contributed by atoms with Crippen molar-refractivity contribution in [1.82, 2.24) is 5.32 Å². The van der Waals surface area contributed by atoms with Gasteiger partial charge in [-0.3, -0.25) is 4.79 Å². The zero-order valence-electron chi connectivity index (χ0n) is 38.3. The van der Waals surface area contributed by atoms with Gasteiger partial charge in [-0.25, -0.2) is 0 Å². The number of rotatable bonds is 17. The van der Waals surface area contributed by atoms with Crippen LogP contribution < -0.4 is 5.32 Å². The summed E-state index contributed by atoms with van der Waals surface area (Å²) in [7, 11) is 0. The molecule has 0 aliphatic carbocycles. The molecule has 30 heteroatoms. The van der Waals surface area contributed by atoms with Crippen LogP contribution in [0.3, 0.4) is 0 Å². The van der Waals surface area contributed by atoms with Crippen molar-refractivity contribution in [2.24, 2.45) is 0 Å². The second kappa shape index (κ2) is 24.8. The van der Waals surface area contributed by atoms with Gasteiger partial charge in [0.1, 0.15) is 134 Å². The molecule has 17 N–H and O–H groups in total. The molecule has 0 bridgehead atoms. The zero-order chi connectivity index (χ0) is 51.6. The fraction of sp³-hybridized carbons (Fsp3) is 0.975. The van der Waals surface area contributed by atoms with Gasteiger partial charge in [-0.1, -0.05) is 0 Å². The Hall–Kier alpha value is -1.65. The number of aliphatic hydroxyl groups excluding tert-OH is 16. The summed E-state index contributed by atoms with van der Waals surface area (Å²) in [6, 6.07) is -1.85. The summed E-state index contributed by atoms with van der Waals surface area (Å²) in [5.41, 5.74) is 0. The summed E-state index contributed by atoms with van der Waals surface area (Å²) >= 11 is 0. The van der Waals surface area contributed by atoms with Gasteiger partial charge in [-0.05, 0) is 20.8 Å². The molecule has 6 saturated heterocycles. The molecule has 0 radical (unpaired) electrons. The minimum Gasteiger partial charge on any atom is -0.394 e. The smallest absolute Gasteiger partial charge is 0.217 e. The van der Waals surface area contributed by atoms with Crippen LogP contribution in [-0.2, 0) is 61.6 Å². The number of carbonyl (C=O) groups excluding carboxylic acids is 1. The largest absolute Gasteiger partial charge is 0.394 e. The van der Waals surface area contributed by atoms with E-state index in [-0.39, 0.29) is 6.61 Å². The van der Waals surface area contributed by atoms with Crippen molar-refractivity contribution < 1.29 is 143 Å². The monoisotopic (exact) mass is 1030 g/mol. The fourth-order valence-corrected chi connectivity index (χ4v) is 9.07. The molecule has 6 fully saturated rings. The number of hydrogen-bond acceptors (Lipinski definition) is 29. The number of nitrogens with one attached hydrogen (secondary N) is 1. The summed E-state index contributed by atoms with van der Waals surface area (Å²) in [5, 5.41) is 175. The highest BCUT2D eigenvalue weighted by atomic mass is 16.8. The standard InChI is InChI=1S/C40H69NO29/c1-5-59-36-28(57)25(54)30(15(8-44)65-36)66-39-29(58)33(21(50)14(7-43)62-39)69-35-17(41-12(4)46)32(31(16(9-45)64-35)67-37-26(55)22(51)18(47)10(2)60-37)68-40-34(24(53)20(49)13(6-42)63-40)70-38-27(56)23(52)19(48)11(3)61-38/h10-11,13-40,42-45,47-58H,5-9H2,1-4H3,(H,41,46). The molecule has 30 atom stereocenters. The normalized spacial score (nSPS) is 51.5. The first-order chi connectivity index (χ1) is 33.1. The van der Waals surface area contributed by atoms with E-state index in [1.54, 1.807) is 6.92 Å². The van der Waals surface area contributed by atoms with Crippen LogP contribution in [0, 0.1) is 0 Å². The van der Waals surface area contributed by atoms with E-state index in [9.17, 15) is 86.5 Å². The van der Waals surface area contributed by atoms with Gasteiger partial charge in [0.05, 0.1) is 38.6 Å². The van der Waals surface area contributed by atoms with Crippen molar-refractivity contribution in [2.75, 3.05) is 33.0 Å². The van der Waals surface area contributed by atoms with E-state index in [0.717, 1.165) is 6.92 Å². The Morgan fingerprint density at radius 2 is 0.800 bits per heavy atom. The molecule has 6 heterocycles. The van der Waals surface area contributed by atoms with Gasteiger partial charge in [-0.15, -0.1) is 0 Å². The third kappa shape index (κ3) is 12.0. The molecular formula is C40H69NO29. The first-order valence-electron chi connectivity index (χ1n) is 22.8. The van der Waals surface area contributed by atoms with Crippen LogP contribution in [0.5, 0.6) is 0 Å². The van der Waals surface area contributed by atoms with Gasteiger partial charge in [0.2, 0.25) is 5.91 Å². The number of aliphatic hydroxyl groups is 16. The van der Waals surface area contributed by atoms with Crippen molar-refractivity contribution in [3.63, 3.8) is 0 Å². The van der Waals surface area contributed by atoms with E-state index >= 15 is 0 Å². The van der Waals surface area contributed by atoms with E-state index in [4.69, 9.17) is 56.8 Å². The number of ether oxygens (including phenoxy) is 12. The van der Waals surface area contributed by atoms with Crippen LogP contribution >= 0.6 is 0 Å². The van der Waals surface area contributed by atoms with Gasteiger partial charge in [0.25, 0.3) is 0 Å². The van der Waals surface area contributed by atoms with Crippen LogP contribution in [0.2, 0.25) is 0 Å². The highest BCUT2D eigenvalue weighted by molar-refractivity contribution is 5.73. The van der Waals surface area contributed by atoms with E-state index in [0.29, 0.717) is 0 Å². The lowest BCUT2D eigenvalue weighted by Gasteiger charge is -2.52. The second-order valence-electron chi connectivity index (χ2n) is 17.9. The maximum Gasteiger partial charge on any atom is 0.217 e. The topological polar surface area (TPSA) is 464 Å². The summed E-state index contributed by atoms with van der Waals surface area (Å²) in [4.78, 5) is 13.1. The van der Waals surface area contributed by atoms with Gasteiger partial charge in [0.15, 0.2) is 37.7 Å². The van der Waals surface area contributed by atoms with Crippen molar-refractivity contribution in [1.29, 1.82) is 0 Å².